The molecule has 1 rings (SSSR count). The average molecular weight is 167 g/mol. The van der Waals surface area contributed by atoms with E-state index in [0.717, 1.165) is 18.2 Å². The Hall–Kier alpha value is -1.98. The Bertz CT molecular complexity index is 316. The van der Waals surface area contributed by atoms with Gasteiger partial charge in [-0.05, 0) is 12.2 Å². The van der Waals surface area contributed by atoms with E-state index >= 15 is 0 Å². The molecule has 0 aromatic heterocycles. The molecule has 1 radical (unpaired) electrons. The zero-order valence-electron chi connectivity index (χ0n) is 5.76. The maximum absolute atomic E-state index is 10.8. The van der Waals surface area contributed by atoms with Crippen molar-refractivity contribution in [2.75, 3.05) is 0 Å². The molecule has 0 bridgehead atoms. The highest BCUT2D eigenvalue weighted by atomic mass is 16.7. The first kappa shape index (κ1) is 8.12. The molecule has 0 amide bonds. The van der Waals surface area contributed by atoms with Gasteiger partial charge in [0.15, 0.2) is 16.5 Å². The summed E-state index contributed by atoms with van der Waals surface area (Å²) in [4.78, 5) is 31.2. The molecular formula is C6H3N2O4. The molecule has 1 aliphatic rings. The van der Waals surface area contributed by atoms with Gasteiger partial charge in [-0.1, -0.05) is 0 Å². The Morgan fingerprint density at radius 3 is 2.58 bits per heavy atom. The van der Waals surface area contributed by atoms with Gasteiger partial charge >= 0.3 is 0 Å². The Morgan fingerprint density at radius 1 is 1.33 bits per heavy atom. The molecule has 0 spiro atoms. The van der Waals surface area contributed by atoms with E-state index in [0.29, 0.717) is 0 Å². The van der Waals surface area contributed by atoms with Gasteiger partial charge in [-0.2, -0.15) is 0 Å². The quantitative estimate of drug-likeness (QED) is 0.311. The van der Waals surface area contributed by atoms with E-state index < -0.39 is 22.3 Å². The van der Waals surface area contributed by atoms with E-state index in [9.17, 15) is 19.7 Å². The van der Waals surface area contributed by atoms with Crippen LogP contribution in [0.2, 0.25) is 0 Å². The van der Waals surface area contributed by atoms with Crippen molar-refractivity contribution in [2.45, 2.75) is 0 Å². The van der Waals surface area contributed by atoms with Crippen LogP contribution in [0, 0.1) is 10.1 Å². The van der Waals surface area contributed by atoms with Crippen LogP contribution in [-0.4, -0.2) is 16.6 Å². The van der Waals surface area contributed by atoms with Crippen molar-refractivity contribution in [3.05, 3.63) is 34.0 Å². The van der Waals surface area contributed by atoms with Crippen LogP contribution >= 0.6 is 0 Å². The summed E-state index contributed by atoms with van der Waals surface area (Å²) in [5.74, 6) is -1.11. The third kappa shape index (κ3) is 1.75. The number of carbonyl (C=O) groups excluding carboxylic acids is 2. The third-order valence-electron chi connectivity index (χ3n) is 1.12. The fourth-order valence-corrected chi connectivity index (χ4v) is 0.663. The Morgan fingerprint density at radius 2 is 2.00 bits per heavy atom. The number of hydrogen-bond donors (Lipinski definition) is 0. The lowest BCUT2D eigenvalue weighted by molar-refractivity contribution is -0.539. The van der Waals surface area contributed by atoms with Crippen LogP contribution in [0.3, 0.4) is 0 Å². The number of ketones is 2. The predicted molar refractivity (Wildman–Crippen MR) is 36.4 cm³/mol. The van der Waals surface area contributed by atoms with Crippen LogP contribution in [0.15, 0.2) is 23.9 Å². The molecular weight excluding hydrogens is 164 g/mol. The Kier molecular flexibility index (Phi) is 2.00. The average Bonchev–Trinajstić information content (AvgIpc) is 1.96. The SMILES string of the molecule is O=C1C=CC(=O)C([N][N+](=O)[O-])=C1. The van der Waals surface area contributed by atoms with Crippen molar-refractivity contribution in [3.8, 4) is 0 Å². The van der Waals surface area contributed by atoms with Crippen LogP contribution in [0.5, 0.6) is 0 Å². The normalized spacial score (nSPS) is 15.8. The summed E-state index contributed by atoms with van der Waals surface area (Å²) in [7, 11) is 0. The molecule has 6 heteroatoms. The van der Waals surface area contributed by atoms with Crippen molar-refractivity contribution in [3.63, 3.8) is 0 Å². The van der Waals surface area contributed by atoms with E-state index in [1.807, 2.05) is 0 Å². The Labute approximate surface area is 66.7 Å². The molecule has 0 aromatic carbocycles. The lowest BCUT2D eigenvalue weighted by Crippen LogP contribution is -2.21. The zero-order valence-corrected chi connectivity index (χ0v) is 5.76. The van der Waals surface area contributed by atoms with Gasteiger partial charge in [-0.25, -0.2) is 10.1 Å². The van der Waals surface area contributed by atoms with Gasteiger partial charge in [0.25, 0.3) is 0 Å². The van der Waals surface area contributed by atoms with Gasteiger partial charge < -0.3 is 0 Å². The molecule has 0 saturated carbocycles. The molecule has 0 saturated heterocycles. The maximum Gasteiger partial charge on any atom is 0.210 e. The van der Waals surface area contributed by atoms with Crippen molar-refractivity contribution in [2.24, 2.45) is 0 Å². The largest absolute Gasteiger partial charge is 0.290 e. The second-order valence-corrected chi connectivity index (χ2v) is 1.97. The molecule has 12 heavy (non-hydrogen) atoms. The van der Waals surface area contributed by atoms with Gasteiger partial charge in [0.1, 0.15) is 0 Å². The van der Waals surface area contributed by atoms with Crippen LogP contribution in [0.1, 0.15) is 0 Å². The molecule has 6 nitrogen and oxygen atoms in total. The molecule has 61 valence electrons. The number of hydrogen-bond acceptors (Lipinski definition) is 4. The second-order valence-electron chi connectivity index (χ2n) is 1.97. The zero-order chi connectivity index (χ0) is 9.14. The minimum Gasteiger partial charge on any atom is -0.290 e. The molecule has 0 atom stereocenters. The molecule has 0 aromatic rings. The van der Waals surface area contributed by atoms with Gasteiger partial charge in [0.2, 0.25) is 5.78 Å². The first-order chi connectivity index (χ1) is 5.59. The number of nitro groups is 1. The fraction of sp³-hybridized carbons (Fsp3) is 0. The van der Waals surface area contributed by atoms with Crippen LogP contribution < -0.4 is 5.43 Å². The van der Waals surface area contributed by atoms with Crippen LogP contribution in [0.4, 0.5) is 0 Å². The standard InChI is InChI=1S/C6H3N2O4/c9-4-1-2-6(10)5(3-4)7-8(11)12/h1-3H. The van der Waals surface area contributed by atoms with Crippen LogP contribution in [0.25, 0.3) is 0 Å². The summed E-state index contributed by atoms with van der Waals surface area (Å²) in [6.07, 6.45) is 2.80. The Balaban J connectivity index is 2.81. The summed E-state index contributed by atoms with van der Waals surface area (Å²) in [6.45, 7) is 0. The number of nitrogens with zero attached hydrogens (tertiary/aromatic N) is 2. The van der Waals surface area contributed by atoms with Crippen molar-refractivity contribution >= 4 is 11.6 Å². The number of rotatable bonds is 2. The smallest absolute Gasteiger partial charge is 0.210 e. The van der Waals surface area contributed by atoms with Gasteiger partial charge in [0, 0.05) is 6.08 Å². The number of allylic oxidation sites excluding steroid dienone is 3. The highest BCUT2D eigenvalue weighted by Gasteiger charge is 2.19. The minimum absolute atomic E-state index is 0.437. The fourth-order valence-electron chi connectivity index (χ4n) is 0.663. The van der Waals surface area contributed by atoms with Gasteiger partial charge in [-0.3, -0.25) is 9.59 Å². The van der Waals surface area contributed by atoms with Gasteiger partial charge in [0.05, 0.1) is 5.43 Å². The molecule has 0 fully saturated rings. The summed E-state index contributed by atoms with van der Waals surface area (Å²) >= 11 is 0. The van der Waals surface area contributed by atoms with Crippen molar-refractivity contribution < 1.29 is 14.6 Å². The topological polar surface area (TPSA) is 91.4 Å². The monoisotopic (exact) mass is 167 g/mol. The summed E-state index contributed by atoms with van der Waals surface area (Å²) in [5.41, 5.74) is 2.29. The lowest BCUT2D eigenvalue weighted by atomic mass is 10.1. The lowest BCUT2D eigenvalue weighted by Gasteiger charge is -1.97. The number of carbonyl (C=O) groups is 2. The summed E-state index contributed by atoms with van der Waals surface area (Å²) in [5, 5.41) is 8.81. The molecule has 0 aliphatic heterocycles. The minimum atomic E-state index is -1.02. The van der Waals surface area contributed by atoms with Gasteiger partial charge in [-0.15, -0.1) is 0 Å². The van der Waals surface area contributed by atoms with E-state index in [2.05, 4.69) is 5.43 Å². The molecule has 1 aliphatic carbocycles. The summed E-state index contributed by atoms with van der Waals surface area (Å²) < 4.78 is 0. The molecule has 0 N–H and O–H groups in total. The van der Waals surface area contributed by atoms with Crippen molar-refractivity contribution in [1.29, 1.82) is 0 Å². The first-order valence-corrected chi connectivity index (χ1v) is 2.94. The highest BCUT2D eigenvalue weighted by Crippen LogP contribution is 2.02. The highest BCUT2D eigenvalue weighted by molar-refractivity contribution is 6.16. The molecule has 0 heterocycles. The molecule has 0 unspecified atom stereocenters. The first-order valence-electron chi connectivity index (χ1n) is 2.94. The van der Waals surface area contributed by atoms with Crippen LogP contribution in [-0.2, 0) is 9.59 Å². The van der Waals surface area contributed by atoms with E-state index in [1.54, 1.807) is 0 Å². The van der Waals surface area contributed by atoms with E-state index in [4.69, 9.17) is 0 Å². The predicted octanol–water partition coefficient (Wildman–Crippen LogP) is -0.626. The third-order valence-corrected chi connectivity index (χ3v) is 1.12. The second kappa shape index (κ2) is 2.95. The van der Waals surface area contributed by atoms with E-state index in [1.165, 1.54) is 0 Å². The summed E-state index contributed by atoms with van der Waals surface area (Å²) in [6, 6.07) is 0. The van der Waals surface area contributed by atoms with Crippen molar-refractivity contribution in [1.82, 2.24) is 5.43 Å². The maximum atomic E-state index is 10.8. The van der Waals surface area contributed by atoms with E-state index in [-0.39, 0.29) is 0 Å².